The van der Waals surface area contributed by atoms with E-state index in [2.05, 4.69) is 10.6 Å². The summed E-state index contributed by atoms with van der Waals surface area (Å²) in [4.78, 5) is 22.8. The molecule has 0 spiro atoms. The molecule has 3 atom stereocenters. The van der Waals surface area contributed by atoms with E-state index in [-0.39, 0.29) is 12.5 Å². The first-order valence-corrected chi connectivity index (χ1v) is 6.40. The number of carboxylic acid groups (broad SMARTS) is 1. The fraction of sp³-hybridized carbons (Fsp3) is 0.429. The van der Waals surface area contributed by atoms with Gasteiger partial charge >= 0.3 is 12.0 Å². The minimum Gasteiger partial charge on any atom is -0.480 e. The van der Waals surface area contributed by atoms with E-state index in [0.29, 0.717) is 5.92 Å². The first-order chi connectivity index (χ1) is 9.06. The minimum absolute atomic E-state index is 0.186. The molecule has 0 aromatic heterocycles. The van der Waals surface area contributed by atoms with Crippen molar-refractivity contribution in [2.75, 3.05) is 0 Å². The number of carbonyl (C=O) groups is 2. The van der Waals surface area contributed by atoms with Gasteiger partial charge in [-0.1, -0.05) is 37.3 Å². The zero-order valence-electron chi connectivity index (χ0n) is 10.8. The Morgan fingerprint density at radius 2 is 2.00 bits per heavy atom. The summed E-state index contributed by atoms with van der Waals surface area (Å²) >= 11 is 0. The fourth-order valence-electron chi connectivity index (χ4n) is 1.94. The summed E-state index contributed by atoms with van der Waals surface area (Å²) in [5, 5.41) is 14.4. The molecule has 2 amide bonds. The van der Waals surface area contributed by atoms with Crippen molar-refractivity contribution in [3.8, 4) is 0 Å². The van der Waals surface area contributed by atoms with Crippen LogP contribution in [0.1, 0.15) is 18.9 Å². The number of carboxylic acids is 1. The third-order valence-corrected chi connectivity index (χ3v) is 3.31. The van der Waals surface area contributed by atoms with Gasteiger partial charge in [-0.15, -0.1) is 0 Å². The van der Waals surface area contributed by atoms with Crippen molar-refractivity contribution in [2.24, 2.45) is 5.92 Å². The molecule has 5 nitrogen and oxygen atoms in total. The summed E-state index contributed by atoms with van der Waals surface area (Å²) in [7, 11) is 0. The first kappa shape index (κ1) is 13.4. The fourth-order valence-corrected chi connectivity index (χ4v) is 1.94. The molecule has 0 aliphatic heterocycles. The summed E-state index contributed by atoms with van der Waals surface area (Å²) in [6.45, 7) is 2.05. The summed E-state index contributed by atoms with van der Waals surface area (Å²) in [5.74, 6) is -0.536. The van der Waals surface area contributed by atoms with E-state index in [9.17, 15) is 9.59 Å². The molecule has 0 bridgehead atoms. The maximum absolute atomic E-state index is 11.7. The highest BCUT2D eigenvalue weighted by atomic mass is 16.4. The van der Waals surface area contributed by atoms with Crippen molar-refractivity contribution < 1.29 is 14.7 Å². The second-order valence-corrected chi connectivity index (χ2v) is 5.02. The van der Waals surface area contributed by atoms with Crippen LogP contribution >= 0.6 is 0 Å². The molecular formula is C14H18N2O3. The Morgan fingerprint density at radius 3 is 2.53 bits per heavy atom. The smallest absolute Gasteiger partial charge is 0.326 e. The van der Waals surface area contributed by atoms with Crippen LogP contribution in [-0.2, 0) is 11.2 Å². The zero-order valence-corrected chi connectivity index (χ0v) is 10.8. The van der Waals surface area contributed by atoms with Crippen molar-refractivity contribution in [2.45, 2.75) is 31.8 Å². The Labute approximate surface area is 112 Å². The molecule has 2 unspecified atom stereocenters. The van der Waals surface area contributed by atoms with Crippen LogP contribution in [0.5, 0.6) is 0 Å². The van der Waals surface area contributed by atoms with Gasteiger partial charge in [0.15, 0.2) is 0 Å². The molecule has 1 aliphatic rings. The molecule has 0 radical (unpaired) electrons. The monoisotopic (exact) mass is 262 g/mol. The van der Waals surface area contributed by atoms with Gasteiger partial charge in [0, 0.05) is 12.5 Å². The molecule has 1 fully saturated rings. The van der Waals surface area contributed by atoms with E-state index >= 15 is 0 Å². The van der Waals surface area contributed by atoms with Crippen LogP contribution in [-0.4, -0.2) is 29.2 Å². The number of hydrogen-bond acceptors (Lipinski definition) is 2. The number of amides is 2. The highest BCUT2D eigenvalue weighted by Gasteiger charge is 2.34. The van der Waals surface area contributed by atoms with Gasteiger partial charge in [0.25, 0.3) is 0 Å². The Morgan fingerprint density at radius 1 is 1.37 bits per heavy atom. The maximum Gasteiger partial charge on any atom is 0.326 e. The van der Waals surface area contributed by atoms with Crippen LogP contribution < -0.4 is 10.6 Å². The highest BCUT2D eigenvalue weighted by molar-refractivity contribution is 5.83. The van der Waals surface area contributed by atoms with E-state index in [0.717, 1.165) is 12.0 Å². The van der Waals surface area contributed by atoms with Gasteiger partial charge in [0.05, 0.1) is 0 Å². The molecule has 1 aromatic rings. The standard InChI is InChI=1S/C14H18N2O3/c1-9-7-11(9)15-14(19)16-12(13(17)18)8-10-5-3-2-4-6-10/h2-6,9,11-12H,7-8H2,1H3,(H,17,18)(H2,15,16,19)/t9?,11?,12-/m1/s1. The second kappa shape index (κ2) is 5.73. The number of rotatable bonds is 5. The van der Waals surface area contributed by atoms with E-state index in [1.54, 1.807) is 0 Å². The van der Waals surface area contributed by atoms with Crippen molar-refractivity contribution >= 4 is 12.0 Å². The van der Waals surface area contributed by atoms with Crippen LogP contribution in [0, 0.1) is 5.92 Å². The number of urea groups is 1. The number of carbonyl (C=O) groups excluding carboxylic acids is 1. The van der Waals surface area contributed by atoms with Crippen LogP contribution in [0.4, 0.5) is 4.79 Å². The third kappa shape index (κ3) is 3.98. The van der Waals surface area contributed by atoms with Crippen molar-refractivity contribution in [1.29, 1.82) is 0 Å². The molecule has 102 valence electrons. The second-order valence-electron chi connectivity index (χ2n) is 5.02. The normalized spacial score (nSPS) is 22.4. The lowest BCUT2D eigenvalue weighted by Gasteiger charge is -2.15. The third-order valence-electron chi connectivity index (χ3n) is 3.31. The lowest BCUT2D eigenvalue weighted by Crippen LogP contribution is -2.47. The number of nitrogens with one attached hydrogen (secondary N) is 2. The van der Waals surface area contributed by atoms with Crippen LogP contribution in [0.3, 0.4) is 0 Å². The molecule has 1 aliphatic carbocycles. The van der Waals surface area contributed by atoms with E-state index < -0.39 is 18.0 Å². The lowest BCUT2D eigenvalue weighted by molar-refractivity contribution is -0.139. The molecule has 0 saturated heterocycles. The molecule has 3 N–H and O–H groups in total. The van der Waals surface area contributed by atoms with E-state index in [1.165, 1.54) is 0 Å². The molecule has 1 saturated carbocycles. The molecule has 19 heavy (non-hydrogen) atoms. The van der Waals surface area contributed by atoms with Gasteiger partial charge in [-0.25, -0.2) is 9.59 Å². The van der Waals surface area contributed by atoms with Gasteiger partial charge in [0.1, 0.15) is 6.04 Å². The zero-order chi connectivity index (χ0) is 13.8. The van der Waals surface area contributed by atoms with Crippen LogP contribution in [0.15, 0.2) is 30.3 Å². The van der Waals surface area contributed by atoms with Crippen molar-refractivity contribution in [3.05, 3.63) is 35.9 Å². The molecule has 2 rings (SSSR count). The molecular weight excluding hydrogens is 244 g/mol. The van der Waals surface area contributed by atoms with Gasteiger partial charge in [-0.3, -0.25) is 0 Å². The van der Waals surface area contributed by atoms with Gasteiger partial charge in [-0.2, -0.15) is 0 Å². The Hall–Kier alpha value is -2.04. The lowest BCUT2D eigenvalue weighted by atomic mass is 10.1. The predicted octanol–water partition coefficient (Wildman–Crippen LogP) is 1.39. The highest BCUT2D eigenvalue weighted by Crippen LogP contribution is 2.28. The van der Waals surface area contributed by atoms with Gasteiger partial charge in [0.2, 0.25) is 0 Å². The average Bonchev–Trinajstić information content (AvgIpc) is 3.05. The van der Waals surface area contributed by atoms with Crippen molar-refractivity contribution in [1.82, 2.24) is 10.6 Å². The first-order valence-electron chi connectivity index (χ1n) is 6.40. The molecule has 5 heteroatoms. The maximum atomic E-state index is 11.7. The number of benzene rings is 1. The summed E-state index contributed by atoms with van der Waals surface area (Å²) in [6, 6.07) is 8.13. The summed E-state index contributed by atoms with van der Waals surface area (Å²) < 4.78 is 0. The summed E-state index contributed by atoms with van der Waals surface area (Å²) in [5.41, 5.74) is 0.884. The topological polar surface area (TPSA) is 78.4 Å². The SMILES string of the molecule is CC1CC1NC(=O)N[C@H](Cc1ccccc1)C(=O)O. The van der Waals surface area contributed by atoms with Crippen molar-refractivity contribution in [3.63, 3.8) is 0 Å². The van der Waals surface area contributed by atoms with Gasteiger partial charge in [-0.05, 0) is 17.9 Å². The quantitative estimate of drug-likeness (QED) is 0.750. The van der Waals surface area contributed by atoms with Crippen LogP contribution in [0.25, 0.3) is 0 Å². The molecule has 0 heterocycles. The number of hydrogen-bond donors (Lipinski definition) is 3. The Kier molecular flexibility index (Phi) is 4.04. The minimum atomic E-state index is -1.03. The Balaban J connectivity index is 1.89. The largest absolute Gasteiger partial charge is 0.480 e. The van der Waals surface area contributed by atoms with E-state index in [4.69, 9.17) is 5.11 Å². The van der Waals surface area contributed by atoms with E-state index in [1.807, 2.05) is 37.3 Å². The average molecular weight is 262 g/mol. The number of aliphatic carboxylic acids is 1. The predicted molar refractivity (Wildman–Crippen MR) is 70.8 cm³/mol. The van der Waals surface area contributed by atoms with Gasteiger partial charge < -0.3 is 15.7 Å². The Bertz CT molecular complexity index is 461. The summed E-state index contributed by atoms with van der Waals surface area (Å²) in [6.07, 6.45) is 1.24. The molecule has 1 aromatic carbocycles. The van der Waals surface area contributed by atoms with Crippen LogP contribution in [0.2, 0.25) is 0 Å².